The first-order valence-electron chi connectivity index (χ1n) is 11.5. The Balaban J connectivity index is 1.58. The Morgan fingerprint density at radius 3 is 2.42 bits per heavy atom. The summed E-state index contributed by atoms with van der Waals surface area (Å²) in [5.74, 6) is -0.0335. The van der Waals surface area contributed by atoms with Gasteiger partial charge in [-0.15, -0.1) is 0 Å². The van der Waals surface area contributed by atoms with Gasteiger partial charge in [0, 0.05) is 26.6 Å². The van der Waals surface area contributed by atoms with Gasteiger partial charge in [-0.05, 0) is 41.2 Å². The maximum atomic E-state index is 12.3. The van der Waals surface area contributed by atoms with Crippen LogP contribution < -0.4 is 5.32 Å². The molecule has 5 heteroatoms. The third-order valence-electron chi connectivity index (χ3n) is 6.29. The molecule has 1 aliphatic rings. The molecule has 2 atom stereocenters. The maximum Gasteiger partial charge on any atom is 0.217 e. The van der Waals surface area contributed by atoms with Crippen LogP contribution in [0.3, 0.4) is 0 Å². The summed E-state index contributed by atoms with van der Waals surface area (Å²) in [7, 11) is 0. The highest BCUT2D eigenvalue weighted by Gasteiger charge is 2.31. The van der Waals surface area contributed by atoms with Gasteiger partial charge >= 0.3 is 0 Å². The van der Waals surface area contributed by atoms with Crippen molar-refractivity contribution < 1.29 is 9.59 Å². The summed E-state index contributed by atoms with van der Waals surface area (Å²) in [6.07, 6.45) is 1.82. The summed E-state index contributed by atoms with van der Waals surface area (Å²) in [6, 6.07) is 26.9. The zero-order chi connectivity index (χ0) is 23.2. The second-order valence-electron chi connectivity index (χ2n) is 8.72. The molecule has 2 amide bonds. The smallest absolute Gasteiger partial charge is 0.217 e. The van der Waals surface area contributed by atoms with Crippen LogP contribution in [0.1, 0.15) is 53.9 Å². The fraction of sp³-hybridized carbons (Fsp3) is 0.286. The number of carbonyl (C=O) groups excluding carboxylic acids is 2. The van der Waals surface area contributed by atoms with E-state index in [1.54, 1.807) is 0 Å². The predicted octanol–water partition coefficient (Wildman–Crippen LogP) is 4.60. The SMILES string of the molecule is CC(=O)N[C@@H](C)c1ccc(CN2CCc3ccccc3C2N(C=O)Cc2ccccc2)cc1. The molecular formula is C28H31N3O2. The summed E-state index contributed by atoms with van der Waals surface area (Å²) in [4.78, 5) is 27.9. The molecule has 3 aromatic rings. The first kappa shape index (κ1) is 22.7. The van der Waals surface area contributed by atoms with E-state index in [4.69, 9.17) is 0 Å². The normalized spacial score (nSPS) is 16.5. The Hall–Kier alpha value is -3.44. The minimum absolute atomic E-state index is 0.0254. The topological polar surface area (TPSA) is 52.7 Å². The maximum absolute atomic E-state index is 12.3. The molecule has 0 aliphatic carbocycles. The van der Waals surface area contributed by atoms with Gasteiger partial charge < -0.3 is 10.2 Å². The number of carbonyl (C=O) groups is 2. The third-order valence-corrected chi connectivity index (χ3v) is 6.29. The zero-order valence-electron chi connectivity index (χ0n) is 19.3. The lowest BCUT2D eigenvalue weighted by atomic mass is 9.95. The molecule has 0 bridgehead atoms. The molecule has 0 spiro atoms. The molecule has 0 radical (unpaired) electrons. The Kier molecular flexibility index (Phi) is 7.20. The lowest BCUT2D eigenvalue weighted by Gasteiger charge is -2.42. The number of fused-ring (bicyclic) bond motifs is 1. The summed E-state index contributed by atoms with van der Waals surface area (Å²) < 4.78 is 0. The first-order chi connectivity index (χ1) is 16.0. The summed E-state index contributed by atoms with van der Waals surface area (Å²) >= 11 is 0. The van der Waals surface area contributed by atoms with Crippen molar-refractivity contribution in [2.24, 2.45) is 0 Å². The van der Waals surface area contributed by atoms with E-state index in [9.17, 15) is 9.59 Å². The molecule has 4 rings (SSSR count). The van der Waals surface area contributed by atoms with Crippen molar-refractivity contribution in [1.82, 2.24) is 15.1 Å². The zero-order valence-corrected chi connectivity index (χ0v) is 19.3. The Morgan fingerprint density at radius 1 is 1.03 bits per heavy atom. The summed E-state index contributed by atoms with van der Waals surface area (Å²) in [6.45, 7) is 5.71. The molecule has 0 aromatic heterocycles. The van der Waals surface area contributed by atoms with Crippen molar-refractivity contribution in [3.05, 3.63) is 107 Å². The molecular weight excluding hydrogens is 410 g/mol. The van der Waals surface area contributed by atoms with Crippen molar-refractivity contribution in [1.29, 1.82) is 0 Å². The van der Waals surface area contributed by atoms with E-state index in [2.05, 4.69) is 70.9 Å². The fourth-order valence-electron chi connectivity index (χ4n) is 4.66. The average molecular weight is 442 g/mol. The van der Waals surface area contributed by atoms with Gasteiger partial charge in [-0.3, -0.25) is 14.5 Å². The Labute approximate surface area is 196 Å². The van der Waals surface area contributed by atoms with E-state index in [1.165, 1.54) is 23.6 Å². The van der Waals surface area contributed by atoms with Crippen molar-refractivity contribution in [2.75, 3.05) is 6.54 Å². The van der Waals surface area contributed by atoms with Crippen LogP contribution in [0, 0.1) is 0 Å². The van der Waals surface area contributed by atoms with Crippen LogP contribution in [0.2, 0.25) is 0 Å². The monoisotopic (exact) mass is 441 g/mol. The van der Waals surface area contributed by atoms with Crippen LogP contribution in [0.15, 0.2) is 78.9 Å². The van der Waals surface area contributed by atoms with Gasteiger partial charge in [0.2, 0.25) is 12.3 Å². The number of benzene rings is 3. The molecule has 3 aromatic carbocycles. The van der Waals surface area contributed by atoms with Crippen molar-refractivity contribution in [3.63, 3.8) is 0 Å². The number of rotatable bonds is 8. The van der Waals surface area contributed by atoms with Crippen LogP contribution in [0.25, 0.3) is 0 Å². The highest BCUT2D eigenvalue weighted by Crippen LogP contribution is 2.34. The van der Waals surface area contributed by atoms with E-state index in [0.717, 1.165) is 37.0 Å². The van der Waals surface area contributed by atoms with Gasteiger partial charge in [0.25, 0.3) is 0 Å². The number of nitrogens with zero attached hydrogens (tertiary/aromatic N) is 2. The highest BCUT2D eigenvalue weighted by atomic mass is 16.1. The van der Waals surface area contributed by atoms with Gasteiger partial charge in [-0.2, -0.15) is 0 Å². The third kappa shape index (κ3) is 5.49. The van der Waals surface area contributed by atoms with Gasteiger partial charge in [-0.25, -0.2) is 0 Å². The standard InChI is InChI=1S/C28H31N3O2/c1-21(29-22(2)33)25-14-12-24(13-15-25)18-30-17-16-26-10-6-7-11-27(26)28(30)31(20-32)19-23-8-4-3-5-9-23/h3-15,20-21,28H,16-19H2,1-2H3,(H,29,33)/t21-,28?/m0/s1. The van der Waals surface area contributed by atoms with Crippen LogP contribution in [0.4, 0.5) is 0 Å². The molecule has 33 heavy (non-hydrogen) atoms. The minimum Gasteiger partial charge on any atom is -0.350 e. The first-order valence-corrected chi connectivity index (χ1v) is 11.5. The molecule has 1 N–H and O–H groups in total. The number of hydrogen-bond donors (Lipinski definition) is 1. The van der Waals surface area contributed by atoms with Crippen LogP contribution in [0.5, 0.6) is 0 Å². The number of nitrogens with one attached hydrogen (secondary N) is 1. The molecule has 1 heterocycles. The number of amides is 2. The van der Waals surface area contributed by atoms with E-state index >= 15 is 0 Å². The molecule has 0 saturated carbocycles. The van der Waals surface area contributed by atoms with Gasteiger partial charge in [0.1, 0.15) is 6.17 Å². The predicted molar refractivity (Wildman–Crippen MR) is 130 cm³/mol. The Bertz CT molecular complexity index is 1080. The van der Waals surface area contributed by atoms with Gasteiger partial charge in [-0.1, -0.05) is 78.9 Å². The fourth-order valence-corrected chi connectivity index (χ4v) is 4.66. The van der Waals surface area contributed by atoms with Crippen LogP contribution in [-0.4, -0.2) is 28.7 Å². The van der Waals surface area contributed by atoms with Crippen molar-refractivity contribution >= 4 is 12.3 Å². The Morgan fingerprint density at radius 2 is 1.73 bits per heavy atom. The average Bonchev–Trinajstić information content (AvgIpc) is 2.83. The van der Waals surface area contributed by atoms with Crippen molar-refractivity contribution in [2.45, 2.75) is 45.6 Å². The molecule has 0 saturated heterocycles. The van der Waals surface area contributed by atoms with Crippen LogP contribution >= 0.6 is 0 Å². The molecule has 1 unspecified atom stereocenters. The van der Waals surface area contributed by atoms with E-state index < -0.39 is 0 Å². The second-order valence-corrected chi connectivity index (χ2v) is 8.72. The second kappa shape index (κ2) is 10.5. The lowest BCUT2D eigenvalue weighted by molar-refractivity contribution is -0.126. The molecule has 170 valence electrons. The van der Waals surface area contributed by atoms with E-state index in [0.29, 0.717) is 6.54 Å². The summed E-state index contributed by atoms with van der Waals surface area (Å²) in [5.41, 5.74) is 5.88. The van der Waals surface area contributed by atoms with Gasteiger partial charge in [0.05, 0.1) is 6.04 Å². The van der Waals surface area contributed by atoms with E-state index in [-0.39, 0.29) is 18.1 Å². The van der Waals surface area contributed by atoms with Gasteiger partial charge in [0.15, 0.2) is 0 Å². The quantitative estimate of drug-likeness (QED) is 0.520. The highest BCUT2D eigenvalue weighted by molar-refractivity contribution is 5.73. The number of hydrogen-bond acceptors (Lipinski definition) is 3. The molecule has 1 aliphatic heterocycles. The molecule has 0 fully saturated rings. The lowest BCUT2D eigenvalue weighted by Crippen LogP contribution is -2.44. The van der Waals surface area contributed by atoms with Crippen LogP contribution in [-0.2, 0) is 29.1 Å². The van der Waals surface area contributed by atoms with Crippen molar-refractivity contribution in [3.8, 4) is 0 Å². The molecule has 5 nitrogen and oxygen atoms in total. The minimum atomic E-state index is -0.120. The largest absolute Gasteiger partial charge is 0.350 e. The summed E-state index contributed by atoms with van der Waals surface area (Å²) in [5, 5.41) is 2.93. The van der Waals surface area contributed by atoms with E-state index in [1.807, 2.05) is 30.0 Å².